The Kier molecular flexibility index (Phi) is 4.55. The third kappa shape index (κ3) is 4.28. The van der Waals surface area contributed by atoms with Crippen molar-refractivity contribution in [2.75, 3.05) is 13.2 Å². The van der Waals surface area contributed by atoms with Crippen LogP contribution in [-0.2, 0) is 9.53 Å². The molecule has 1 rings (SSSR count). The summed E-state index contributed by atoms with van der Waals surface area (Å²) in [4.78, 5) is 11.6. The largest absolute Gasteiger partial charge is 0.381 e. The number of carbonyl (C=O) groups excluding carboxylic acids is 1. The van der Waals surface area contributed by atoms with Gasteiger partial charge in [0.25, 0.3) is 5.91 Å². The average molecular weight is 243 g/mol. The van der Waals surface area contributed by atoms with Gasteiger partial charge in [0.05, 0.1) is 6.10 Å². The Balaban J connectivity index is 2.46. The molecule has 100 valence electrons. The SMILES string of the molecule is CC(C)(O)C(=O)NCC(C)(C)[C@H]1CCCCO1. The number of hydrogen-bond donors (Lipinski definition) is 2. The molecule has 0 aromatic rings. The molecule has 0 unspecified atom stereocenters. The number of amides is 1. The Labute approximate surface area is 104 Å². The number of ether oxygens (including phenoxy) is 1. The molecule has 1 aliphatic heterocycles. The van der Waals surface area contributed by atoms with Gasteiger partial charge in [0.15, 0.2) is 0 Å². The maximum atomic E-state index is 11.6. The summed E-state index contributed by atoms with van der Waals surface area (Å²) in [5.41, 5.74) is -1.41. The summed E-state index contributed by atoms with van der Waals surface area (Å²) in [5, 5.41) is 12.3. The summed E-state index contributed by atoms with van der Waals surface area (Å²) < 4.78 is 5.75. The number of aliphatic hydroxyl groups is 1. The molecule has 17 heavy (non-hydrogen) atoms. The molecule has 0 aliphatic carbocycles. The van der Waals surface area contributed by atoms with Gasteiger partial charge in [0.2, 0.25) is 0 Å². The zero-order valence-electron chi connectivity index (χ0n) is 11.4. The number of nitrogens with one attached hydrogen (secondary N) is 1. The van der Waals surface area contributed by atoms with Crippen molar-refractivity contribution in [2.24, 2.45) is 5.41 Å². The van der Waals surface area contributed by atoms with Gasteiger partial charge in [-0.25, -0.2) is 0 Å². The summed E-state index contributed by atoms with van der Waals surface area (Å²) in [7, 11) is 0. The number of rotatable bonds is 4. The third-order valence-electron chi connectivity index (χ3n) is 3.31. The first-order chi connectivity index (χ1) is 7.73. The summed E-state index contributed by atoms with van der Waals surface area (Å²) in [5.74, 6) is -0.332. The predicted molar refractivity (Wildman–Crippen MR) is 66.7 cm³/mol. The van der Waals surface area contributed by atoms with E-state index in [9.17, 15) is 9.90 Å². The standard InChI is InChI=1S/C13H25NO3/c1-12(2,10-7-5-6-8-17-10)9-14-11(15)13(3,4)16/h10,16H,5-9H2,1-4H3,(H,14,15)/t10-/m1/s1. The van der Waals surface area contributed by atoms with Crippen LogP contribution in [0.15, 0.2) is 0 Å². The molecule has 0 spiro atoms. The average Bonchev–Trinajstić information content (AvgIpc) is 2.26. The van der Waals surface area contributed by atoms with Gasteiger partial charge in [-0.2, -0.15) is 0 Å². The number of hydrogen-bond acceptors (Lipinski definition) is 3. The van der Waals surface area contributed by atoms with Crippen molar-refractivity contribution >= 4 is 5.91 Å². The topological polar surface area (TPSA) is 58.6 Å². The van der Waals surface area contributed by atoms with Crippen molar-refractivity contribution in [3.63, 3.8) is 0 Å². The molecule has 1 heterocycles. The van der Waals surface area contributed by atoms with Crippen LogP contribution in [0.5, 0.6) is 0 Å². The summed E-state index contributed by atoms with van der Waals surface area (Å²) in [6.45, 7) is 8.51. The first-order valence-electron chi connectivity index (χ1n) is 6.36. The molecule has 1 fully saturated rings. The van der Waals surface area contributed by atoms with Crippen LogP contribution in [0.25, 0.3) is 0 Å². The lowest BCUT2D eigenvalue weighted by atomic mass is 9.82. The van der Waals surface area contributed by atoms with Crippen molar-refractivity contribution in [3.8, 4) is 0 Å². The van der Waals surface area contributed by atoms with Crippen LogP contribution in [-0.4, -0.2) is 35.9 Å². The second-order valence-electron chi connectivity index (χ2n) is 6.09. The van der Waals surface area contributed by atoms with E-state index in [0.717, 1.165) is 19.4 Å². The van der Waals surface area contributed by atoms with Crippen LogP contribution in [0.2, 0.25) is 0 Å². The Morgan fingerprint density at radius 3 is 2.47 bits per heavy atom. The predicted octanol–water partition coefficient (Wildman–Crippen LogP) is 1.47. The van der Waals surface area contributed by atoms with Gasteiger partial charge in [0, 0.05) is 18.6 Å². The van der Waals surface area contributed by atoms with Crippen LogP contribution in [0.4, 0.5) is 0 Å². The van der Waals surface area contributed by atoms with Crippen LogP contribution < -0.4 is 5.32 Å². The second kappa shape index (κ2) is 5.36. The fourth-order valence-corrected chi connectivity index (χ4v) is 2.00. The van der Waals surface area contributed by atoms with E-state index >= 15 is 0 Å². The number of carbonyl (C=O) groups is 1. The van der Waals surface area contributed by atoms with Crippen molar-refractivity contribution in [1.82, 2.24) is 5.32 Å². The van der Waals surface area contributed by atoms with Gasteiger partial charge in [-0.3, -0.25) is 4.79 Å². The smallest absolute Gasteiger partial charge is 0.251 e. The minimum atomic E-state index is -1.32. The molecule has 0 bridgehead atoms. The summed E-state index contributed by atoms with van der Waals surface area (Å²) >= 11 is 0. The molecule has 0 aromatic carbocycles. The van der Waals surface area contributed by atoms with Gasteiger partial charge in [0.1, 0.15) is 5.60 Å². The Morgan fingerprint density at radius 1 is 1.35 bits per heavy atom. The van der Waals surface area contributed by atoms with E-state index < -0.39 is 5.60 Å². The van der Waals surface area contributed by atoms with Crippen LogP contribution in [0.1, 0.15) is 47.0 Å². The molecule has 0 radical (unpaired) electrons. The fourth-order valence-electron chi connectivity index (χ4n) is 2.00. The van der Waals surface area contributed by atoms with E-state index in [2.05, 4.69) is 19.2 Å². The third-order valence-corrected chi connectivity index (χ3v) is 3.31. The lowest BCUT2D eigenvalue weighted by molar-refractivity contribution is -0.137. The van der Waals surface area contributed by atoms with E-state index in [4.69, 9.17) is 4.74 Å². The highest BCUT2D eigenvalue weighted by molar-refractivity contribution is 5.83. The molecule has 1 aliphatic rings. The van der Waals surface area contributed by atoms with Gasteiger partial charge >= 0.3 is 0 Å². The highest BCUT2D eigenvalue weighted by Crippen LogP contribution is 2.29. The lowest BCUT2D eigenvalue weighted by Gasteiger charge is -2.37. The van der Waals surface area contributed by atoms with Crippen LogP contribution >= 0.6 is 0 Å². The quantitative estimate of drug-likeness (QED) is 0.786. The normalized spacial score (nSPS) is 22.3. The van der Waals surface area contributed by atoms with Crippen LogP contribution in [0, 0.1) is 5.41 Å². The van der Waals surface area contributed by atoms with Crippen molar-refractivity contribution in [2.45, 2.75) is 58.7 Å². The van der Waals surface area contributed by atoms with E-state index in [1.807, 2.05) is 0 Å². The molecular formula is C13H25NO3. The summed E-state index contributed by atoms with van der Waals surface area (Å²) in [6, 6.07) is 0. The molecular weight excluding hydrogens is 218 g/mol. The summed E-state index contributed by atoms with van der Waals surface area (Å²) in [6.07, 6.45) is 3.56. The van der Waals surface area contributed by atoms with Crippen molar-refractivity contribution in [3.05, 3.63) is 0 Å². The maximum absolute atomic E-state index is 11.6. The second-order valence-corrected chi connectivity index (χ2v) is 6.09. The monoisotopic (exact) mass is 243 g/mol. The van der Waals surface area contributed by atoms with Crippen LogP contribution in [0.3, 0.4) is 0 Å². The Bertz CT molecular complexity index is 262. The lowest BCUT2D eigenvalue weighted by Crippen LogP contribution is -2.49. The first kappa shape index (κ1) is 14.5. The first-order valence-corrected chi connectivity index (χ1v) is 6.36. The molecule has 4 nitrogen and oxygen atoms in total. The van der Waals surface area contributed by atoms with Gasteiger partial charge in [-0.1, -0.05) is 13.8 Å². The van der Waals surface area contributed by atoms with Crippen molar-refractivity contribution in [1.29, 1.82) is 0 Å². The zero-order valence-corrected chi connectivity index (χ0v) is 11.4. The molecule has 1 saturated heterocycles. The molecule has 0 aromatic heterocycles. The Morgan fingerprint density at radius 2 is 2.00 bits per heavy atom. The minimum absolute atomic E-state index is 0.0959. The molecule has 1 atom stereocenters. The van der Waals surface area contributed by atoms with Gasteiger partial charge < -0.3 is 15.2 Å². The van der Waals surface area contributed by atoms with E-state index in [0.29, 0.717) is 6.54 Å². The molecule has 0 saturated carbocycles. The minimum Gasteiger partial charge on any atom is -0.381 e. The van der Waals surface area contributed by atoms with Crippen molar-refractivity contribution < 1.29 is 14.6 Å². The van der Waals surface area contributed by atoms with E-state index in [1.165, 1.54) is 20.3 Å². The fraction of sp³-hybridized carbons (Fsp3) is 0.923. The maximum Gasteiger partial charge on any atom is 0.251 e. The molecule has 2 N–H and O–H groups in total. The highest BCUT2D eigenvalue weighted by Gasteiger charge is 2.33. The molecule has 4 heteroatoms. The van der Waals surface area contributed by atoms with E-state index in [1.54, 1.807) is 0 Å². The molecule has 1 amide bonds. The Hall–Kier alpha value is -0.610. The zero-order chi connectivity index (χ0) is 13.1. The van der Waals surface area contributed by atoms with E-state index in [-0.39, 0.29) is 17.4 Å². The van der Waals surface area contributed by atoms with Gasteiger partial charge in [-0.05, 0) is 33.1 Å². The highest BCUT2D eigenvalue weighted by atomic mass is 16.5. The van der Waals surface area contributed by atoms with Gasteiger partial charge in [-0.15, -0.1) is 0 Å².